The summed E-state index contributed by atoms with van der Waals surface area (Å²) in [4.78, 5) is 0. The molecule has 33 heavy (non-hydrogen) atoms. The van der Waals surface area contributed by atoms with Gasteiger partial charge in [-0.05, 0) is 61.1 Å². The van der Waals surface area contributed by atoms with Crippen LogP contribution in [0, 0.1) is 0 Å². The SMILES string of the molecule is CCCCCCCCCc1ccc(Oc2ccc(CCCCCCCCC)cc2)cc1.[H-].[H-].[Na+].[Na+]. The molecule has 2 aromatic rings. The largest absolute Gasteiger partial charge is 1.00 e. The van der Waals surface area contributed by atoms with Crippen LogP contribution in [0.25, 0.3) is 0 Å². The molecule has 0 fully saturated rings. The van der Waals surface area contributed by atoms with Crippen LogP contribution in [0.15, 0.2) is 48.5 Å². The van der Waals surface area contributed by atoms with Crippen molar-refractivity contribution in [3.05, 3.63) is 59.7 Å². The van der Waals surface area contributed by atoms with Crippen molar-refractivity contribution in [2.45, 2.75) is 117 Å². The Labute approximate surface area is 252 Å². The second-order valence-corrected chi connectivity index (χ2v) is 9.13. The Morgan fingerprint density at radius 2 is 0.758 bits per heavy atom. The summed E-state index contributed by atoms with van der Waals surface area (Å²) < 4.78 is 6.05. The van der Waals surface area contributed by atoms with E-state index in [0.29, 0.717) is 0 Å². The van der Waals surface area contributed by atoms with Gasteiger partial charge in [0.15, 0.2) is 0 Å². The second kappa shape index (κ2) is 22.7. The molecule has 0 unspecified atom stereocenters. The minimum atomic E-state index is 0. The van der Waals surface area contributed by atoms with E-state index in [1.54, 1.807) is 0 Å². The summed E-state index contributed by atoms with van der Waals surface area (Å²) in [7, 11) is 0. The van der Waals surface area contributed by atoms with Crippen molar-refractivity contribution in [3.8, 4) is 11.5 Å². The quantitative estimate of drug-likeness (QED) is 0.233. The van der Waals surface area contributed by atoms with Crippen LogP contribution in [0.5, 0.6) is 11.5 Å². The van der Waals surface area contributed by atoms with Crippen LogP contribution in [0.3, 0.4) is 0 Å². The topological polar surface area (TPSA) is 9.23 Å². The van der Waals surface area contributed by atoms with E-state index in [4.69, 9.17) is 4.74 Å². The fourth-order valence-electron chi connectivity index (χ4n) is 4.16. The van der Waals surface area contributed by atoms with Crippen LogP contribution in [0.4, 0.5) is 0 Å². The van der Waals surface area contributed by atoms with E-state index in [1.165, 1.54) is 114 Å². The Bertz CT molecular complexity index is 618. The molecule has 0 heterocycles. The summed E-state index contributed by atoms with van der Waals surface area (Å²) in [6.45, 7) is 4.56. The number of rotatable bonds is 18. The van der Waals surface area contributed by atoms with Crippen molar-refractivity contribution in [1.29, 1.82) is 0 Å². The van der Waals surface area contributed by atoms with Crippen LogP contribution in [-0.4, -0.2) is 0 Å². The zero-order chi connectivity index (χ0) is 22.0. The van der Waals surface area contributed by atoms with Gasteiger partial charge in [0.05, 0.1) is 0 Å². The minimum Gasteiger partial charge on any atom is -1.00 e. The molecule has 0 aromatic heterocycles. The van der Waals surface area contributed by atoms with Crippen LogP contribution in [-0.2, 0) is 12.8 Å². The molecule has 0 saturated carbocycles. The molecule has 0 aliphatic heterocycles. The molecule has 0 amide bonds. The van der Waals surface area contributed by atoms with E-state index in [9.17, 15) is 0 Å². The maximum absolute atomic E-state index is 6.05. The third kappa shape index (κ3) is 16.5. The minimum absolute atomic E-state index is 0. The summed E-state index contributed by atoms with van der Waals surface area (Å²) in [5, 5.41) is 0. The maximum Gasteiger partial charge on any atom is 1.00 e. The van der Waals surface area contributed by atoms with Gasteiger partial charge in [0.25, 0.3) is 0 Å². The Kier molecular flexibility index (Phi) is 22.9. The van der Waals surface area contributed by atoms with Crippen molar-refractivity contribution in [2.24, 2.45) is 0 Å². The Morgan fingerprint density at radius 1 is 0.455 bits per heavy atom. The fourth-order valence-corrected chi connectivity index (χ4v) is 4.16. The molecule has 0 atom stereocenters. The van der Waals surface area contributed by atoms with Crippen molar-refractivity contribution in [3.63, 3.8) is 0 Å². The van der Waals surface area contributed by atoms with Crippen LogP contribution in [0.1, 0.15) is 118 Å². The van der Waals surface area contributed by atoms with Crippen LogP contribution >= 0.6 is 0 Å². The summed E-state index contributed by atoms with van der Waals surface area (Å²) in [5.41, 5.74) is 2.84. The molecular weight excluding hydrogens is 422 g/mol. The third-order valence-electron chi connectivity index (χ3n) is 6.22. The number of hydrogen-bond donors (Lipinski definition) is 0. The molecule has 2 aromatic carbocycles. The number of benzene rings is 2. The van der Waals surface area contributed by atoms with E-state index in [1.807, 2.05) is 0 Å². The average molecular weight is 471 g/mol. The molecule has 1 nitrogen and oxygen atoms in total. The summed E-state index contributed by atoms with van der Waals surface area (Å²) in [6.07, 6.45) is 21.5. The molecule has 0 radical (unpaired) electrons. The summed E-state index contributed by atoms with van der Waals surface area (Å²) >= 11 is 0. The van der Waals surface area contributed by atoms with E-state index >= 15 is 0 Å². The first-order valence-corrected chi connectivity index (χ1v) is 13.2. The van der Waals surface area contributed by atoms with Crippen molar-refractivity contribution >= 4 is 0 Å². The van der Waals surface area contributed by atoms with Gasteiger partial charge in [-0.15, -0.1) is 0 Å². The first-order valence-electron chi connectivity index (χ1n) is 13.2. The van der Waals surface area contributed by atoms with Crippen LogP contribution < -0.4 is 63.9 Å². The van der Waals surface area contributed by atoms with Crippen molar-refractivity contribution in [2.75, 3.05) is 0 Å². The molecule has 0 aliphatic rings. The molecule has 176 valence electrons. The summed E-state index contributed by atoms with van der Waals surface area (Å²) in [5.74, 6) is 1.87. The molecule has 0 aliphatic carbocycles. The molecular formula is C30H48Na2O. The number of aryl methyl sites for hydroxylation is 2. The average Bonchev–Trinajstić information content (AvgIpc) is 2.80. The van der Waals surface area contributed by atoms with Crippen molar-refractivity contribution in [1.82, 2.24) is 0 Å². The number of ether oxygens (including phenoxy) is 1. The number of unbranched alkanes of at least 4 members (excludes halogenated alkanes) is 12. The Balaban J connectivity index is -0.00000256. The predicted octanol–water partition coefficient (Wildman–Crippen LogP) is 4.30. The Hall–Kier alpha value is 0.240. The zero-order valence-electron chi connectivity index (χ0n) is 24.3. The van der Waals surface area contributed by atoms with Gasteiger partial charge in [-0.3, -0.25) is 0 Å². The van der Waals surface area contributed by atoms with E-state index in [2.05, 4.69) is 62.4 Å². The predicted molar refractivity (Wildman–Crippen MR) is 139 cm³/mol. The molecule has 0 N–H and O–H groups in total. The van der Waals surface area contributed by atoms with Gasteiger partial charge in [-0.2, -0.15) is 0 Å². The normalized spacial score (nSPS) is 10.4. The molecule has 2 rings (SSSR count). The van der Waals surface area contributed by atoms with Gasteiger partial charge >= 0.3 is 59.1 Å². The number of hydrogen-bond acceptors (Lipinski definition) is 1. The van der Waals surface area contributed by atoms with Gasteiger partial charge in [0, 0.05) is 0 Å². The van der Waals surface area contributed by atoms with E-state index < -0.39 is 0 Å². The Morgan fingerprint density at radius 3 is 1.09 bits per heavy atom. The molecule has 0 bridgehead atoms. The van der Waals surface area contributed by atoms with Gasteiger partial charge in [0.1, 0.15) is 11.5 Å². The zero-order valence-corrected chi connectivity index (χ0v) is 26.3. The summed E-state index contributed by atoms with van der Waals surface area (Å²) in [6, 6.07) is 17.4. The first-order chi connectivity index (χ1) is 15.3. The van der Waals surface area contributed by atoms with E-state index in [-0.39, 0.29) is 62.0 Å². The van der Waals surface area contributed by atoms with Gasteiger partial charge in [0.2, 0.25) is 0 Å². The van der Waals surface area contributed by atoms with Crippen LogP contribution in [0.2, 0.25) is 0 Å². The van der Waals surface area contributed by atoms with Crippen molar-refractivity contribution < 1.29 is 66.7 Å². The van der Waals surface area contributed by atoms with E-state index in [0.717, 1.165) is 11.5 Å². The smallest absolute Gasteiger partial charge is 1.00 e. The maximum atomic E-state index is 6.05. The van der Waals surface area contributed by atoms with Gasteiger partial charge in [-0.25, -0.2) is 0 Å². The molecule has 0 spiro atoms. The third-order valence-corrected chi connectivity index (χ3v) is 6.22. The molecule has 3 heteroatoms. The second-order valence-electron chi connectivity index (χ2n) is 9.13. The van der Waals surface area contributed by atoms with Gasteiger partial charge < -0.3 is 7.59 Å². The van der Waals surface area contributed by atoms with Gasteiger partial charge in [-0.1, -0.05) is 115 Å². The molecule has 0 saturated heterocycles. The first kappa shape index (κ1) is 33.2. The fraction of sp³-hybridized carbons (Fsp3) is 0.600. The standard InChI is InChI=1S/C30H46O.2Na.2H/c1-3-5-7-9-11-13-15-17-27-19-23-29(24-20-27)31-30-25-21-28(22-26-30)18-16-14-12-10-8-6-4-2;;;;/h19-26H,3-18H2,1-2H3;;;;/q;2*+1;2*-1. The monoisotopic (exact) mass is 470 g/mol.